The summed E-state index contributed by atoms with van der Waals surface area (Å²) in [5.41, 5.74) is 1.51. The molecular formula is C8H14INO. The number of hydroxylamine groups is 2. The maximum Gasteiger partial charge on any atom is 0.0275 e. The van der Waals surface area contributed by atoms with Gasteiger partial charge in [0, 0.05) is 17.5 Å². The van der Waals surface area contributed by atoms with Crippen molar-refractivity contribution in [2.45, 2.75) is 19.3 Å². The van der Waals surface area contributed by atoms with Crippen molar-refractivity contribution in [1.29, 1.82) is 0 Å². The molecular weight excluding hydrogens is 253 g/mol. The van der Waals surface area contributed by atoms with Gasteiger partial charge in [-0.3, -0.25) is 0 Å². The monoisotopic (exact) mass is 267 g/mol. The Kier molecular flexibility index (Phi) is 4.40. The van der Waals surface area contributed by atoms with Crippen molar-refractivity contribution in [1.82, 2.24) is 5.06 Å². The average molecular weight is 267 g/mol. The molecule has 1 heterocycles. The molecule has 0 saturated heterocycles. The van der Waals surface area contributed by atoms with E-state index >= 15 is 0 Å². The van der Waals surface area contributed by atoms with Gasteiger partial charge in [0.1, 0.15) is 0 Å². The van der Waals surface area contributed by atoms with Crippen LogP contribution in [0.4, 0.5) is 0 Å². The maximum atomic E-state index is 9.17. The summed E-state index contributed by atoms with van der Waals surface area (Å²) in [5, 5.41) is 10.6. The van der Waals surface area contributed by atoms with E-state index in [9.17, 15) is 5.21 Å². The molecule has 0 saturated carbocycles. The van der Waals surface area contributed by atoms with Crippen LogP contribution in [0.1, 0.15) is 19.3 Å². The molecule has 0 amide bonds. The highest BCUT2D eigenvalue weighted by Crippen LogP contribution is 2.13. The van der Waals surface area contributed by atoms with E-state index in [-0.39, 0.29) is 0 Å². The minimum atomic E-state index is 0.796. The Morgan fingerprint density at radius 1 is 1.55 bits per heavy atom. The minimum absolute atomic E-state index is 0.796. The lowest BCUT2D eigenvalue weighted by atomic mass is 10.1. The van der Waals surface area contributed by atoms with Crippen LogP contribution in [0.5, 0.6) is 0 Å². The van der Waals surface area contributed by atoms with E-state index < -0.39 is 0 Å². The topological polar surface area (TPSA) is 23.5 Å². The van der Waals surface area contributed by atoms with Gasteiger partial charge < -0.3 is 5.21 Å². The van der Waals surface area contributed by atoms with E-state index in [0.717, 1.165) is 25.9 Å². The van der Waals surface area contributed by atoms with Crippen LogP contribution in [0, 0.1) is 0 Å². The Balaban J connectivity index is 2.35. The molecule has 0 aromatic carbocycles. The van der Waals surface area contributed by atoms with Gasteiger partial charge in [-0.05, 0) is 19.3 Å². The van der Waals surface area contributed by atoms with Gasteiger partial charge in [-0.25, -0.2) is 0 Å². The quantitative estimate of drug-likeness (QED) is 0.471. The fourth-order valence-electron chi connectivity index (χ4n) is 1.25. The van der Waals surface area contributed by atoms with Crippen molar-refractivity contribution < 1.29 is 5.21 Å². The molecule has 0 aromatic heterocycles. The summed E-state index contributed by atoms with van der Waals surface area (Å²) in [4.78, 5) is 0. The molecule has 0 radical (unpaired) electrons. The summed E-state index contributed by atoms with van der Waals surface area (Å²) >= 11 is 2.39. The predicted octanol–water partition coefficient (Wildman–Crippen LogP) is 2.22. The van der Waals surface area contributed by atoms with Gasteiger partial charge in [0.2, 0.25) is 0 Å². The fourth-order valence-corrected chi connectivity index (χ4v) is 1.95. The molecule has 2 nitrogen and oxygen atoms in total. The number of alkyl halides is 1. The number of hydrogen-bond acceptors (Lipinski definition) is 2. The molecule has 0 bridgehead atoms. The zero-order valence-corrected chi connectivity index (χ0v) is 8.75. The molecule has 11 heavy (non-hydrogen) atoms. The van der Waals surface area contributed by atoms with Crippen molar-refractivity contribution in [2.75, 3.05) is 17.5 Å². The number of hydrogen-bond donors (Lipinski definition) is 1. The second-order valence-electron chi connectivity index (χ2n) is 2.79. The van der Waals surface area contributed by atoms with Crippen LogP contribution < -0.4 is 0 Å². The third kappa shape index (κ3) is 3.53. The average Bonchev–Trinajstić information content (AvgIpc) is 2.17. The standard InChI is InChI=1S/C8H14INO/c9-5-3-8-2-1-6-10(11)7-4-8/h2,11H,1,3-7H2. The molecule has 0 unspecified atom stereocenters. The summed E-state index contributed by atoms with van der Waals surface area (Å²) < 4.78 is 1.19. The highest BCUT2D eigenvalue weighted by Gasteiger charge is 2.06. The Morgan fingerprint density at radius 2 is 2.36 bits per heavy atom. The first-order valence-corrected chi connectivity index (χ1v) is 5.53. The van der Waals surface area contributed by atoms with Crippen LogP contribution in [-0.2, 0) is 0 Å². The van der Waals surface area contributed by atoms with Crippen molar-refractivity contribution in [3.05, 3.63) is 11.6 Å². The van der Waals surface area contributed by atoms with E-state index in [1.165, 1.54) is 21.5 Å². The highest BCUT2D eigenvalue weighted by molar-refractivity contribution is 14.1. The van der Waals surface area contributed by atoms with Crippen molar-refractivity contribution in [2.24, 2.45) is 0 Å². The van der Waals surface area contributed by atoms with E-state index in [4.69, 9.17) is 0 Å². The molecule has 1 rings (SSSR count). The van der Waals surface area contributed by atoms with Gasteiger partial charge in [-0.1, -0.05) is 34.2 Å². The normalized spacial score (nSPS) is 21.1. The molecule has 64 valence electrons. The summed E-state index contributed by atoms with van der Waals surface area (Å²) in [5.74, 6) is 0. The summed E-state index contributed by atoms with van der Waals surface area (Å²) in [6.45, 7) is 1.60. The third-order valence-electron chi connectivity index (χ3n) is 1.93. The fraction of sp³-hybridized carbons (Fsp3) is 0.750. The van der Waals surface area contributed by atoms with Crippen LogP contribution in [-0.4, -0.2) is 27.8 Å². The molecule has 0 spiro atoms. The largest absolute Gasteiger partial charge is 0.314 e. The molecule has 0 atom stereocenters. The Morgan fingerprint density at radius 3 is 3.09 bits per heavy atom. The van der Waals surface area contributed by atoms with Gasteiger partial charge in [0.25, 0.3) is 0 Å². The zero-order chi connectivity index (χ0) is 8.10. The van der Waals surface area contributed by atoms with Gasteiger partial charge in [-0.15, -0.1) is 0 Å². The molecule has 3 heteroatoms. The summed E-state index contributed by atoms with van der Waals surface area (Å²) in [6.07, 6.45) is 5.51. The second-order valence-corrected chi connectivity index (χ2v) is 3.87. The zero-order valence-electron chi connectivity index (χ0n) is 6.59. The van der Waals surface area contributed by atoms with Crippen molar-refractivity contribution >= 4 is 22.6 Å². The SMILES string of the molecule is ON1CCC=C(CCI)CC1. The van der Waals surface area contributed by atoms with Crippen molar-refractivity contribution in [3.63, 3.8) is 0 Å². The highest BCUT2D eigenvalue weighted by atomic mass is 127. The van der Waals surface area contributed by atoms with Crippen molar-refractivity contribution in [3.8, 4) is 0 Å². The maximum absolute atomic E-state index is 9.17. The number of rotatable bonds is 2. The molecule has 1 aliphatic heterocycles. The van der Waals surface area contributed by atoms with Crippen LogP contribution >= 0.6 is 22.6 Å². The van der Waals surface area contributed by atoms with E-state index in [2.05, 4.69) is 28.7 Å². The first-order valence-electron chi connectivity index (χ1n) is 4.00. The Bertz CT molecular complexity index is 147. The number of nitrogens with zero attached hydrogens (tertiary/aromatic N) is 1. The Labute approximate surface area is 81.4 Å². The van der Waals surface area contributed by atoms with E-state index in [0.29, 0.717) is 0 Å². The van der Waals surface area contributed by atoms with Crippen LogP contribution in [0.3, 0.4) is 0 Å². The lowest BCUT2D eigenvalue weighted by molar-refractivity contribution is -0.0865. The van der Waals surface area contributed by atoms with Crippen LogP contribution in [0.15, 0.2) is 11.6 Å². The predicted molar refractivity (Wildman–Crippen MR) is 54.2 cm³/mol. The smallest absolute Gasteiger partial charge is 0.0275 e. The molecule has 1 N–H and O–H groups in total. The lowest BCUT2D eigenvalue weighted by Gasteiger charge is -2.09. The number of halogens is 1. The summed E-state index contributed by atoms with van der Waals surface area (Å²) in [7, 11) is 0. The minimum Gasteiger partial charge on any atom is -0.314 e. The van der Waals surface area contributed by atoms with Crippen LogP contribution in [0.25, 0.3) is 0 Å². The van der Waals surface area contributed by atoms with Gasteiger partial charge in [0.05, 0.1) is 0 Å². The molecule has 1 aliphatic rings. The first kappa shape index (κ1) is 9.48. The van der Waals surface area contributed by atoms with E-state index in [1.807, 2.05) is 0 Å². The van der Waals surface area contributed by atoms with E-state index in [1.54, 1.807) is 0 Å². The van der Waals surface area contributed by atoms with Gasteiger partial charge in [-0.2, -0.15) is 5.06 Å². The molecule has 0 aromatic rings. The lowest BCUT2D eigenvalue weighted by Crippen LogP contribution is -2.19. The van der Waals surface area contributed by atoms with Gasteiger partial charge >= 0.3 is 0 Å². The van der Waals surface area contributed by atoms with Crippen LogP contribution in [0.2, 0.25) is 0 Å². The first-order chi connectivity index (χ1) is 5.33. The van der Waals surface area contributed by atoms with Gasteiger partial charge in [0.15, 0.2) is 0 Å². The third-order valence-corrected chi connectivity index (χ3v) is 2.47. The molecule has 0 fully saturated rings. The molecule has 0 aliphatic carbocycles. The summed E-state index contributed by atoms with van der Waals surface area (Å²) in [6, 6.07) is 0. The Hall–Kier alpha value is 0.390. The second kappa shape index (κ2) is 5.11.